The zero-order valence-corrected chi connectivity index (χ0v) is 10.5. The van der Waals surface area contributed by atoms with Crippen LogP contribution >= 0.6 is 0 Å². The van der Waals surface area contributed by atoms with Crippen molar-refractivity contribution in [2.75, 3.05) is 6.61 Å². The van der Waals surface area contributed by atoms with Crippen LogP contribution in [0.2, 0.25) is 0 Å². The molecule has 0 heterocycles. The van der Waals surface area contributed by atoms with Gasteiger partial charge in [0.1, 0.15) is 6.61 Å². The summed E-state index contributed by atoms with van der Waals surface area (Å²) >= 11 is 0. The highest BCUT2D eigenvalue weighted by molar-refractivity contribution is 5.98. The molecule has 1 atom stereocenters. The third-order valence-electron chi connectivity index (χ3n) is 2.76. The zero-order valence-electron chi connectivity index (χ0n) is 10.5. The highest BCUT2D eigenvalue weighted by atomic mass is 16.5. The summed E-state index contributed by atoms with van der Waals surface area (Å²) in [6.07, 6.45) is 1.08. The molecule has 0 N–H and O–H groups in total. The summed E-state index contributed by atoms with van der Waals surface area (Å²) in [6, 6.07) is 5.87. The van der Waals surface area contributed by atoms with E-state index in [-0.39, 0.29) is 18.5 Å². The van der Waals surface area contributed by atoms with Gasteiger partial charge in [0.25, 0.3) is 0 Å². The van der Waals surface area contributed by atoms with Gasteiger partial charge in [0, 0.05) is 5.56 Å². The minimum atomic E-state index is 0.0674. The molecule has 0 aliphatic rings. The number of hydrogen-bond acceptors (Lipinski definition) is 2. The Balaban J connectivity index is 2.66. The summed E-state index contributed by atoms with van der Waals surface area (Å²) < 4.78 is 5.44. The van der Waals surface area contributed by atoms with Crippen molar-refractivity contribution in [2.45, 2.75) is 40.2 Å². The van der Waals surface area contributed by atoms with Crippen LogP contribution in [-0.4, -0.2) is 18.5 Å². The Bertz CT molecular complexity index is 369. The topological polar surface area (TPSA) is 26.3 Å². The van der Waals surface area contributed by atoms with Crippen LogP contribution in [0, 0.1) is 13.8 Å². The summed E-state index contributed by atoms with van der Waals surface area (Å²) in [6.45, 7) is 8.20. The lowest BCUT2D eigenvalue weighted by Gasteiger charge is -2.11. The van der Waals surface area contributed by atoms with Crippen molar-refractivity contribution in [3.05, 3.63) is 34.9 Å². The standard InChI is InChI=1S/C14H20O2/c1-5-12(4)16-9-14(15)13-7-6-10(2)8-11(13)3/h6-8,12H,5,9H2,1-4H3. The Kier molecular flexibility index (Phi) is 4.69. The minimum absolute atomic E-state index is 0.0674. The highest BCUT2D eigenvalue weighted by Crippen LogP contribution is 2.11. The first-order valence-corrected chi connectivity index (χ1v) is 5.76. The molecule has 0 aliphatic heterocycles. The van der Waals surface area contributed by atoms with E-state index >= 15 is 0 Å². The molecule has 0 bridgehead atoms. The van der Waals surface area contributed by atoms with Gasteiger partial charge in [0.05, 0.1) is 6.10 Å². The number of benzene rings is 1. The van der Waals surface area contributed by atoms with Crippen LogP contribution in [-0.2, 0) is 4.74 Å². The van der Waals surface area contributed by atoms with E-state index in [0.717, 1.165) is 17.5 Å². The fraction of sp³-hybridized carbons (Fsp3) is 0.500. The van der Waals surface area contributed by atoms with Gasteiger partial charge in [-0.1, -0.05) is 30.7 Å². The van der Waals surface area contributed by atoms with Gasteiger partial charge in [-0.2, -0.15) is 0 Å². The molecule has 0 fully saturated rings. The molecule has 0 saturated heterocycles. The minimum Gasteiger partial charge on any atom is -0.370 e. The van der Waals surface area contributed by atoms with Crippen LogP contribution in [0.15, 0.2) is 18.2 Å². The maximum absolute atomic E-state index is 11.9. The maximum Gasteiger partial charge on any atom is 0.188 e. The number of ether oxygens (including phenoxy) is 1. The van der Waals surface area contributed by atoms with E-state index < -0.39 is 0 Å². The number of ketones is 1. The normalized spacial score (nSPS) is 12.5. The van der Waals surface area contributed by atoms with Gasteiger partial charge in [-0.15, -0.1) is 0 Å². The molecule has 2 nitrogen and oxygen atoms in total. The molecule has 1 rings (SSSR count). The largest absolute Gasteiger partial charge is 0.370 e. The number of Topliss-reactive ketones (excluding diaryl/α,β-unsaturated/α-hetero) is 1. The van der Waals surface area contributed by atoms with Crippen molar-refractivity contribution in [3.63, 3.8) is 0 Å². The number of carbonyl (C=O) groups is 1. The lowest BCUT2D eigenvalue weighted by Crippen LogP contribution is -2.16. The van der Waals surface area contributed by atoms with E-state index in [0.29, 0.717) is 0 Å². The molecule has 88 valence electrons. The van der Waals surface area contributed by atoms with Crippen LogP contribution in [0.4, 0.5) is 0 Å². The van der Waals surface area contributed by atoms with Gasteiger partial charge in [0.2, 0.25) is 0 Å². The Labute approximate surface area is 97.6 Å². The van der Waals surface area contributed by atoms with Crippen LogP contribution in [0.5, 0.6) is 0 Å². The van der Waals surface area contributed by atoms with Crippen molar-refractivity contribution in [2.24, 2.45) is 0 Å². The molecule has 16 heavy (non-hydrogen) atoms. The first-order chi connectivity index (χ1) is 7.54. The first kappa shape index (κ1) is 12.9. The molecule has 0 amide bonds. The molecule has 0 saturated carbocycles. The SMILES string of the molecule is CCC(C)OCC(=O)c1ccc(C)cc1C. The Morgan fingerprint density at radius 3 is 2.62 bits per heavy atom. The molecule has 2 heteroatoms. The number of hydrogen-bond donors (Lipinski definition) is 0. The Morgan fingerprint density at radius 2 is 2.06 bits per heavy atom. The molecule has 0 spiro atoms. The van der Waals surface area contributed by atoms with E-state index in [1.807, 2.05) is 45.9 Å². The van der Waals surface area contributed by atoms with E-state index in [4.69, 9.17) is 4.74 Å². The lowest BCUT2D eigenvalue weighted by atomic mass is 10.0. The predicted octanol–water partition coefficient (Wildman–Crippen LogP) is 3.30. The highest BCUT2D eigenvalue weighted by Gasteiger charge is 2.10. The molecule has 1 aromatic rings. The summed E-state index contributed by atoms with van der Waals surface area (Å²) in [5.74, 6) is 0.0674. The second kappa shape index (κ2) is 5.80. The summed E-state index contributed by atoms with van der Waals surface area (Å²) in [4.78, 5) is 11.9. The summed E-state index contributed by atoms with van der Waals surface area (Å²) in [5.41, 5.74) is 2.98. The molecule has 0 aromatic heterocycles. The van der Waals surface area contributed by atoms with Crippen LogP contribution in [0.3, 0.4) is 0 Å². The van der Waals surface area contributed by atoms with Crippen molar-refractivity contribution < 1.29 is 9.53 Å². The van der Waals surface area contributed by atoms with Gasteiger partial charge >= 0.3 is 0 Å². The molecular weight excluding hydrogens is 200 g/mol. The number of aryl methyl sites for hydroxylation is 2. The van der Waals surface area contributed by atoms with Crippen molar-refractivity contribution in [1.82, 2.24) is 0 Å². The maximum atomic E-state index is 11.9. The van der Waals surface area contributed by atoms with Crippen molar-refractivity contribution in [1.29, 1.82) is 0 Å². The van der Waals surface area contributed by atoms with Gasteiger partial charge in [-0.25, -0.2) is 0 Å². The average Bonchev–Trinajstić information content (AvgIpc) is 2.25. The predicted molar refractivity (Wildman–Crippen MR) is 66.0 cm³/mol. The smallest absolute Gasteiger partial charge is 0.188 e. The fourth-order valence-electron chi connectivity index (χ4n) is 1.54. The number of carbonyl (C=O) groups excluding carboxylic acids is 1. The van der Waals surface area contributed by atoms with E-state index in [1.165, 1.54) is 5.56 Å². The zero-order chi connectivity index (χ0) is 12.1. The van der Waals surface area contributed by atoms with Gasteiger partial charge < -0.3 is 4.74 Å². The van der Waals surface area contributed by atoms with E-state index in [9.17, 15) is 4.79 Å². The second-order valence-corrected chi connectivity index (χ2v) is 4.27. The second-order valence-electron chi connectivity index (χ2n) is 4.27. The third-order valence-corrected chi connectivity index (χ3v) is 2.76. The van der Waals surface area contributed by atoms with Gasteiger partial charge in [-0.3, -0.25) is 4.79 Å². The number of rotatable bonds is 5. The molecular formula is C14H20O2. The molecule has 1 unspecified atom stereocenters. The van der Waals surface area contributed by atoms with Gasteiger partial charge in [-0.05, 0) is 32.8 Å². The van der Waals surface area contributed by atoms with Crippen LogP contribution in [0.1, 0.15) is 41.8 Å². The molecule has 0 aliphatic carbocycles. The quantitative estimate of drug-likeness (QED) is 0.712. The third kappa shape index (κ3) is 3.46. The molecule has 0 radical (unpaired) electrons. The van der Waals surface area contributed by atoms with Crippen molar-refractivity contribution >= 4 is 5.78 Å². The first-order valence-electron chi connectivity index (χ1n) is 5.76. The fourth-order valence-corrected chi connectivity index (χ4v) is 1.54. The lowest BCUT2D eigenvalue weighted by molar-refractivity contribution is 0.0511. The van der Waals surface area contributed by atoms with Crippen LogP contribution < -0.4 is 0 Å². The average molecular weight is 220 g/mol. The van der Waals surface area contributed by atoms with Gasteiger partial charge in [0.15, 0.2) is 5.78 Å². The monoisotopic (exact) mass is 220 g/mol. The molecule has 1 aromatic carbocycles. The van der Waals surface area contributed by atoms with Crippen molar-refractivity contribution in [3.8, 4) is 0 Å². The Hall–Kier alpha value is -1.15. The van der Waals surface area contributed by atoms with E-state index in [1.54, 1.807) is 0 Å². The summed E-state index contributed by atoms with van der Waals surface area (Å²) in [7, 11) is 0. The van der Waals surface area contributed by atoms with E-state index in [2.05, 4.69) is 0 Å². The Morgan fingerprint density at radius 1 is 1.38 bits per heavy atom. The van der Waals surface area contributed by atoms with Crippen LogP contribution in [0.25, 0.3) is 0 Å². The summed E-state index contributed by atoms with van der Waals surface area (Å²) in [5, 5.41) is 0.